The fourth-order valence-electron chi connectivity index (χ4n) is 8.42. The number of nitrogens with zero attached hydrogens (tertiary/aromatic N) is 7. The van der Waals surface area contributed by atoms with Crippen LogP contribution in [0.5, 0.6) is 11.5 Å². The van der Waals surface area contributed by atoms with Crippen molar-refractivity contribution < 1.29 is 88.6 Å². The Balaban J connectivity index is 0.000000200. The van der Waals surface area contributed by atoms with Gasteiger partial charge in [0.15, 0.2) is 25.5 Å². The number of anilines is 1. The molecule has 0 radical (unpaired) electrons. The normalized spacial score (nSPS) is 16.4. The lowest BCUT2D eigenvalue weighted by atomic mass is 10.1. The molecule has 89 heavy (non-hydrogen) atoms. The third-order valence-corrected chi connectivity index (χ3v) is 18.6. The number of hydrogen-bond donors (Lipinski definition) is 5. The second kappa shape index (κ2) is 27.0. The molecule has 0 saturated carbocycles. The first kappa shape index (κ1) is 66.9. The zero-order valence-electron chi connectivity index (χ0n) is 44.5. The summed E-state index contributed by atoms with van der Waals surface area (Å²) in [7, 11) is -8.77. The van der Waals surface area contributed by atoms with Crippen molar-refractivity contribution >= 4 is 91.8 Å². The van der Waals surface area contributed by atoms with Crippen LogP contribution < -0.4 is 41.4 Å². The van der Waals surface area contributed by atoms with Crippen molar-refractivity contribution in [2.75, 3.05) is 44.2 Å². The molecule has 5 N–H and O–H groups in total. The zero-order chi connectivity index (χ0) is 64.9. The smallest absolute Gasteiger partial charge is 0.406 e. The van der Waals surface area contributed by atoms with Crippen LogP contribution in [0.25, 0.3) is 20.6 Å². The summed E-state index contributed by atoms with van der Waals surface area (Å²) in [5, 5.41) is 14.3. The van der Waals surface area contributed by atoms with Gasteiger partial charge >= 0.3 is 25.1 Å². The molecule has 0 aliphatic carbocycles. The first-order valence-electron chi connectivity index (χ1n) is 25.1. The molecule has 2 amide bonds. The fourth-order valence-corrected chi connectivity index (χ4v) is 13.5. The molecule has 2 aliphatic heterocycles. The molecule has 10 rings (SSSR count). The summed E-state index contributed by atoms with van der Waals surface area (Å²) >= 11 is 7.85. The number of piperazine rings is 2. The van der Waals surface area contributed by atoms with Crippen molar-refractivity contribution in [2.45, 2.75) is 60.0 Å². The maximum absolute atomic E-state index is 13.6. The highest BCUT2D eigenvalue weighted by Gasteiger charge is 2.43. The van der Waals surface area contributed by atoms with Gasteiger partial charge in [-0.25, -0.2) is 36.9 Å². The number of rotatable bonds is 13. The molecule has 0 bridgehead atoms. The maximum Gasteiger partial charge on any atom is 0.573 e. The van der Waals surface area contributed by atoms with Gasteiger partial charge in [0, 0.05) is 52.4 Å². The molecule has 2 fully saturated rings. The molecule has 2 atom stereocenters. The minimum absolute atomic E-state index is 0.0233. The number of amides is 2. The summed E-state index contributed by atoms with van der Waals surface area (Å²) in [5.41, 5.74) is -1.65. The highest BCUT2D eigenvalue weighted by atomic mass is 35.5. The number of nitrogens with one attached hydrogen (secondary N) is 5. The minimum Gasteiger partial charge on any atom is -0.406 e. The van der Waals surface area contributed by atoms with Crippen molar-refractivity contribution in [2.24, 2.45) is 0 Å². The van der Waals surface area contributed by atoms with Crippen LogP contribution in [-0.4, -0.2) is 131 Å². The van der Waals surface area contributed by atoms with Gasteiger partial charge in [-0.05, 0) is 83.9 Å². The molecule has 8 aromatic rings. The number of alkyl halides is 12. The van der Waals surface area contributed by atoms with E-state index in [1.165, 1.54) is 48.1 Å². The Hall–Kier alpha value is -8.01. The fraction of sp³-hybridized carbons (Fsp3) is 0.280. The van der Waals surface area contributed by atoms with Gasteiger partial charge in [0.1, 0.15) is 23.6 Å². The van der Waals surface area contributed by atoms with E-state index in [2.05, 4.69) is 55.6 Å². The van der Waals surface area contributed by atoms with E-state index in [1.807, 2.05) is 0 Å². The number of H-pyrrole nitrogens is 2. The summed E-state index contributed by atoms with van der Waals surface area (Å²) in [6.07, 6.45) is -16.3. The Morgan fingerprint density at radius 3 is 1.60 bits per heavy atom. The molecule has 4 aromatic carbocycles. The Labute approximate surface area is 505 Å². The van der Waals surface area contributed by atoms with Crippen LogP contribution in [0.3, 0.4) is 0 Å². The number of aromatic nitrogens is 6. The first-order chi connectivity index (χ1) is 41.7. The molecule has 476 valence electrons. The lowest BCUT2D eigenvalue weighted by Crippen LogP contribution is -2.60. The van der Waals surface area contributed by atoms with Crippen molar-refractivity contribution in [1.82, 2.24) is 54.7 Å². The summed E-state index contributed by atoms with van der Waals surface area (Å²) < 4.78 is 215. The topological polar surface area (TPSA) is 284 Å². The van der Waals surface area contributed by atoms with Crippen molar-refractivity contribution in [3.8, 4) is 11.5 Å². The van der Waals surface area contributed by atoms with Gasteiger partial charge in [-0.15, -0.1) is 26.3 Å². The monoisotopic (exact) mass is 1360 g/mol. The lowest BCUT2D eigenvalue weighted by molar-refractivity contribution is -0.275. The Morgan fingerprint density at radius 2 is 1.12 bits per heavy atom. The Morgan fingerprint density at radius 1 is 0.629 bits per heavy atom. The van der Waals surface area contributed by atoms with E-state index in [0.29, 0.717) is 60.0 Å². The molecular formula is C50H41ClF12N12O10S4. The minimum atomic E-state index is -4.89. The van der Waals surface area contributed by atoms with Gasteiger partial charge in [-0.2, -0.15) is 40.1 Å². The summed E-state index contributed by atoms with van der Waals surface area (Å²) in [5.74, 6) is -2.39. The number of hydrogen-bond acceptors (Lipinski definition) is 18. The molecule has 6 heterocycles. The number of ether oxygens (including phenoxy) is 2. The van der Waals surface area contributed by atoms with Crippen LogP contribution in [0.1, 0.15) is 22.3 Å². The predicted molar refractivity (Wildman–Crippen MR) is 294 cm³/mol. The number of sulfonamides is 2. The average molecular weight is 1360 g/mol. The largest absolute Gasteiger partial charge is 0.573 e. The second-order valence-electron chi connectivity index (χ2n) is 18.5. The highest BCUT2D eigenvalue weighted by molar-refractivity contribution is 7.89. The lowest BCUT2D eigenvalue weighted by Gasteiger charge is -2.39. The third-order valence-electron chi connectivity index (χ3n) is 12.6. The molecule has 0 unspecified atom stereocenters. The van der Waals surface area contributed by atoms with Gasteiger partial charge in [-0.1, -0.05) is 58.5 Å². The number of aromatic amines is 2. The average Bonchev–Trinajstić information content (AvgIpc) is 2.43. The second-order valence-corrected chi connectivity index (χ2v) is 24.9. The van der Waals surface area contributed by atoms with Gasteiger partial charge in [0.25, 0.3) is 11.1 Å². The summed E-state index contributed by atoms with van der Waals surface area (Å²) in [6.45, 7) is -0.687. The van der Waals surface area contributed by atoms with Crippen molar-refractivity contribution in [1.29, 1.82) is 0 Å². The number of carbonyl (C=O) groups is 2. The SMILES string of the molecule is O=C(NCc1ccc(OC(F)(F)F)cc1)[C@H]1CN(c2nc3c(=O)[nH]ncc3s2)CCN1S(=O)(=O)c1ccc(C(F)(F)F)cc1.O=C(NCc1ccc(OC(F)(F)F)cc1)[C@H]1CNCCN1S(=O)(=O)c1ccc(C(F)(F)F)cc1.O=c1[nH]cnc2sc(Cl)nc12. The van der Waals surface area contributed by atoms with E-state index in [4.69, 9.17) is 11.6 Å². The molecular weight excluding hydrogens is 1320 g/mol. The number of carbonyl (C=O) groups excluding carboxylic acids is 2. The van der Waals surface area contributed by atoms with E-state index in [-0.39, 0.29) is 68.3 Å². The first-order valence-corrected chi connectivity index (χ1v) is 30.0. The van der Waals surface area contributed by atoms with Crippen molar-refractivity contribution in [3.05, 3.63) is 157 Å². The van der Waals surface area contributed by atoms with E-state index in [0.717, 1.165) is 68.5 Å². The molecule has 2 aliphatic rings. The number of thiazole rings is 2. The molecule has 4 aromatic heterocycles. The third kappa shape index (κ3) is 17.2. The summed E-state index contributed by atoms with van der Waals surface area (Å²) in [6, 6.07) is 12.6. The maximum atomic E-state index is 13.6. The number of halogens is 13. The van der Waals surface area contributed by atoms with E-state index in [9.17, 15) is 88.7 Å². The quantitative estimate of drug-likeness (QED) is 0.0703. The van der Waals surface area contributed by atoms with Crippen LogP contribution >= 0.6 is 34.3 Å². The van der Waals surface area contributed by atoms with Crippen LogP contribution in [-0.2, 0) is 55.1 Å². The molecule has 39 heteroatoms. The van der Waals surface area contributed by atoms with E-state index < -0.39 is 102 Å². The van der Waals surface area contributed by atoms with E-state index in [1.54, 1.807) is 4.90 Å². The zero-order valence-corrected chi connectivity index (χ0v) is 48.5. The van der Waals surface area contributed by atoms with Crippen LogP contribution in [0.2, 0.25) is 4.47 Å². The standard InChI is InChI=1S/C25H20F6N6O5S2.C20H19F6N3O4S.C5H2ClN3OS/c26-24(27,28)15-3-7-17(8-4-15)44(40,41)37-10-9-36(23-34-20-19(43-23)12-33-35-22(20)39)13-18(37)21(38)32-11-14-1-5-16(6-2-14)42-25(29,30)31;21-19(22,23)14-3-7-16(8-4-14)34(31,32)29-10-9-27-12-17(29)18(30)28-11-13-1-5-15(6-2-13)33-20(24,25)26;6-5-9-2-3(10)7-1-8-4(2)11-5/h1-8,12,18H,9-11,13H2,(H,32,38)(H,35,39);1-8,17,27H,9-12H2,(H,28,30);1H,(H,7,8,10)/t18-;17-;/m11./s1. The molecule has 22 nitrogen and oxygen atoms in total. The number of benzene rings is 4. The van der Waals surface area contributed by atoms with Crippen LogP contribution in [0, 0.1) is 0 Å². The van der Waals surface area contributed by atoms with Gasteiger partial charge < -0.3 is 35.3 Å². The van der Waals surface area contributed by atoms with Gasteiger partial charge in [0.05, 0.1) is 38.1 Å². The van der Waals surface area contributed by atoms with Gasteiger partial charge in [-0.3, -0.25) is 19.2 Å². The Kier molecular flexibility index (Phi) is 20.3. The predicted octanol–water partition coefficient (Wildman–Crippen LogP) is 7.41. The van der Waals surface area contributed by atoms with Crippen LogP contribution in [0.15, 0.2) is 129 Å². The summed E-state index contributed by atoms with van der Waals surface area (Å²) in [4.78, 5) is 64.9. The van der Waals surface area contributed by atoms with Gasteiger partial charge in [0.2, 0.25) is 31.9 Å². The van der Waals surface area contributed by atoms with Crippen LogP contribution in [0.4, 0.5) is 57.8 Å². The molecule has 2 saturated heterocycles. The van der Waals surface area contributed by atoms with E-state index >= 15 is 0 Å². The van der Waals surface area contributed by atoms with Crippen molar-refractivity contribution in [3.63, 3.8) is 0 Å². The number of fused-ring (bicyclic) bond motifs is 2. The molecule has 0 spiro atoms. The Bertz CT molecular complexity index is 4160. The highest BCUT2D eigenvalue weighted by Crippen LogP contribution is 2.35.